The predicted octanol–water partition coefficient (Wildman–Crippen LogP) is 0.472. The van der Waals surface area contributed by atoms with E-state index in [0.29, 0.717) is 13.2 Å². The number of hydrogen-bond acceptors (Lipinski definition) is 4. The molecule has 2 N–H and O–H groups in total. The Balaban J connectivity index is 0.000000980. The molecule has 0 radical (unpaired) electrons. The van der Waals surface area contributed by atoms with E-state index in [1.165, 1.54) is 5.56 Å². The molecule has 2 rings (SSSR count). The van der Waals surface area contributed by atoms with Crippen molar-refractivity contribution < 1.29 is 4.74 Å². The fourth-order valence-corrected chi connectivity index (χ4v) is 1.42. The van der Waals surface area contributed by atoms with Gasteiger partial charge in [-0.3, -0.25) is 0 Å². The number of hydrogen-bond donors (Lipinski definition) is 1. The first-order chi connectivity index (χ1) is 6.40. The van der Waals surface area contributed by atoms with E-state index in [2.05, 4.69) is 9.97 Å². The van der Waals surface area contributed by atoms with Gasteiger partial charge in [0.15, 0.2) is 0 Å². The van der Waals surface area contributed by atoms with Crippen molar-refractivity contribution in [3.63, 3.8) is 0 Å². The molecule has 2 heterocycles. The van der Waals surface area contributed by atoms with Crippen LogP contribution in [0, 0.1) is 0 Å². The van der Waals surface area contributed by atoms with Crippen molar-refractivity contribution in [1.29, 1.82) is 0 Å². The number of nitrogens with zero attached hydrogens (tertiary/aromatic N) is 2. The minimum atomic E-state index is 0. The Hall–Kier alpha value is -0.710. The summed E-state index contributed by atoms with van der Waals surface area (Å²) < 4.78 is 5.31. The average molecular weight is 216 g/mol. The van der Waals surface area contributed by atoms with E-state index in [0.717, 1.165) is 31.0 Å². The van der Waals surface area contributed by atoms with Crippen molar-refractivity contribution in [1.82, 2.24) is 9.97 Å². The molecule has 0 saturated carbocycles. The minimum absolute atomic E-state index is 0. The van der Waals surface area contributed by atoms with Gasteiger partial charge in [0.2, 0.25) is 0 Å². The lowest BCUT2D eigenvalue weighted by Gasteiger charge is -2.15. The van der Waals surface area contributed by atoms with Gasteiger partial charge < -0.3 is 10.5 Å². The van der Waals surface area contributed by atoms with Crippen LogP contribution in [-0.2, 0) is 24.2 Å². The molecule has 0 unspecified atom stereocenters. The lowest BCUT2D eigenvalue weighted by atomic mass is 10.1. The zero-order valence-corrected chi connectivity index (χ0v) is 8.72. The number of aromatic nitrogens is 2. The average Bonchev–Trinajstić information content (AvgIpc) is 2.18. The Bertz CT molecular complexity index is 306. The summed E-state index contributed by atoms with van der Waals surface area (Å²) in [7, 11) is 0. The molecule has 0 fully saturated rings. The molecule has 78 valence electrons. The smallest absolute Gasteiger partial charge is 0.129 e. The summed E-state index contributed by atoms with van der Waals surface area (Å²) in [5.41, 5.74) is 7.67. The second-order valence-electron chi connectivity index (χ2n) is 3.10. The van der Waals surface area contributed by atoms with Crippen LogP contribution in [0.15, 0.2) is 6.20 Å². The molecule has 0 atom stereocenters. The molecule has 1 aromatic heterocycles. The summed E-state index contributed by atoms with van der Waals surface area (Å²) in [6.07, 6.45) is 3.57. The third kappa shape index (κ3) is 2.41. The Morgan fingerprint density at radius 2 is 2.36 bits per heavy atom. The van der Waals surface area contributed by atoms with Crippen LogP contribution in [0.25, 0.3) is 0 Å². The molecule has 14 heavy (non-hydrogen) atoms. The standard InChI is InChI=1S/C9H13N3O.ClH/c10-3-1-9-11-5-7-2-4-13-6-8(7)12-9;/h5H,1-4,6,10H2;1H. The predicted molar refractivity (Wildman–Crippen MR) is 55.4 cm³/mol. The summed E-state index contributed by atoms with van der Waals surface area (Å²) in [6.45, 7) is 2.00. The quantitative estimate of drug-likeness (QED) is 0.779. The van der Waals surface area contributed by atoms with Gasteiger partial charge in [-0.15, -0.1) is 12.4 Å². The van der Waals surface area contributed by atoms with Crippen molar-refractivity contribution in [3.8, 4) is 0 Å². The van der Waals surface area contributed by atoms with Gasteiger partial charge in [-0.1, -0.05) is 0 Å². The summed E-state index contributed by atoms with van der Waals surface area (Å²) in [5.74, 6) is 0.826. The van der Waals surface area contributed by atoms with Crippen LogP contribution >= 0.6 is 12.4 Å². The number of halogens is 1. The number of nitrogens with two attached hydrogens (primary N) is 1. The van der Waals surface area contributed by atoms with Gasteiger partial charge in [-0.05, 0) is 18.5 Å². The summed E-state index contributed by atoms with van der Waals surface area (Å²) >= 11 is 0. The molecule has 0 spiro atoms. The molecule has 5 heteroatoms. The topological polar surface area (TPSA) is 61.0 Å². The van der Waals surface area contributed by atoms with E-state index in [1.54, 1.807) is 0 Å². The first kappa shape index (κ1) is 11.4. The first-order valence-corrected chi connectivity index (χ1v) is 4.51. The van der Waals surface area contributed by atoms with Gasteiger partial charge in [0, 0.05) is 12.6 Å². The van der Waals surface area contributed by atoms with Gasteiger partial charge in [0.05, 0.1) is 18.9 Å². The summed E-state index contributed by atoms with van der Waals surface area (Å²) in [6, 6.07) is 0. The normalized spacial score (nSPS) is 14.4. The number of rotatable bonds is 2. The second-order valence-corrected chi connectivity index (χ2v) is 3.10. The van der Waals surface area contributed by atoms with Crippen molar-refractivity contribution in [2.45, 2.75) is 19.4 Å². The zero-order valence-electron chi connectivity index (χ0n) is 7.90. The lowest BCUT2D eigenvalue weighted by Crippen LogP contribution is -2.15. The highest BCUT2D eigenvalue weighted by Crippen LogP contribution is 2.13. The van der Waals surface area contributed by atoms with Crippen molar-refractivity contribution in [2.75, 3.05) is 13.2 Å². The Morgan fingerprint density at radius 3 is 3.14 bits per heavy atom. The van der Waals surface area contributed by atoms with Gasteiger partial charge in [-0.25, -0.2) is 9.97 Å². The van der Waals surface area contributed by atoms with Crippen LogP contribution < -0.4 is 5.73 Å². The lowest BCUT2D eigenvalue weighted by molar-refractivity contribution is 0.107. The highest BCUT2D eigenvalue weighted by molar-refractivity contribution is 5.85. The molecular formula is C9H14ClN3O. The van der Waals surface area contributed by atoms with E-state index in [4.69, 9.17) is 10.5 Å². The number of ether oxygens (including phenoxy) is 1. The zero-order chi connectivity index (χ0) is 9.10. The third-order valence-corrected chi connectivity index (χ3v) is 2.13. The van der Waals surface area contributed by atoms with Crippen molar-refractivity contribution >= 4 is 12.4 Å². The van der Waals surface area contributed by atoms with E-state index in [1.807, 2.05) is 6.20 Å². The molecule has 1 aromatic rings. The molecule has 4 nitrogen and oxygen atoms in total. The molecule has 0 amide bonds. The van der Waals surface area contributed by atoms with Crippen LogP contribution in [0.2, 0.25) is 0 Å². The van der Waals surface area contributed by atoms with E-state index < -0.39 is 0 Å². The van der Waals surface area contributed by atoms with Gasteiger partial charge >= 0.3 is 0 Å². The van der Waals surface area contributed by atoms with Crippen LogP contribution in [0.3, 0.4) is 0 Å². The molecular weight excluding hydrogens is 202 g/mol. The van der Waals surface area contributed by atoms with Gasteiger partial charge in [-0.2, -0.15) is 0 Å². The van der Waals surface area contributed by atoms with Crippen molar-refractivity contribution in [3.05, 3.63) is 23.3 Å². The van der Waals surface area contributed by atoms with Crippen LogP contribution in [0.1, 0.15) is 17.1 Å². The van der Waals surface area contributed by atoms with Crippen LogP contribution in [0.5, 0.6) is 0 Å². The Kier molecular flexibility index (Phi) is 4.25. The SMILES string of the molecule is Cl.NCCc1ncc2c(n1)COCC2. The number of fused-ring (bicyclic) bond motifs is 1. The molecule has 0 aromatic carbocycles. The van der Waals surface area contributed by atoms with Gasteiger partial charge in [0.1, 0.15) is 5.82 Å². The molecule has 0 aliphatic carbocycles. The van der Waals surface area contributed by atoms with E-state index >= 15 is 0 Å². The molecule has 1 aliphatic rings. The highest BCUT2D eigenvalue weighted by Gasteiger charge is 2.11. The molecule has 0 bridgehead atoms. The maximum absolute atomic E-state index is 5.43. The van der Waals surface area contributed by atoms with Crippen LogP contribution in [0.4, 0.5) is 0 Å². The third-order valence-electron chi connectivity index (χ3n) is 2.13. The Labute approximate surface area is 89.3 Å². The van der Waals surface area contributed by atoms with Gasteiger partial charge in [0.25, 0.3) is 0 Å². The van der Waals surface area contributed by atoms with Crippen LogP contribution in [-0.4, -0.2) is 23.1 Å². The first-order valence-electron chi connectivity index (χ1n) is 4.51. The fourth-order valence-electron chi connectivity index (χ4n) is 1.42. The largest absolute Gasteiger partial charge is 0.375 e. The van der Waals surface area contributed by atoms with E-state index in [-0.39, 0.29) is 12.4 Å². The molecule has 1 aliphatic heterocycles. The maximum atomic E-state index is 5.43. The summed E-state index contributed by atoms with van der Waals surface area (Å²) in [4.78, 5) is 8.62. The van der Waals surface area contributed by atoms with E-state index in [9.17, 15) is 0 Å². The Morgan fingerprint density at radius 1 is 1.50 bits per heavy atom. The second kappa shape index (κ2) is 5.24. The monoisotopic (exact) mass is 215 g/mol. The summed E-state index contributed by atoms with van der Waals surface area (Å²) in [5, 5.41) is 0. The minimum Gasteiger partial charge on any atom is -0.375 e. The highest BCUT2D eigenvalue weighted by atomic mass is 35.5. The maximum Gasteiger partial charge on any atom is 0.129 e. The fraction of sp³-hybridized carbons (Fsp3) is 0.556. The van der Waals surface area contributed by atoms with Crippen molar-refractivity contribution in [2.24, 2.45) is 5.73 Å². The molecule has 0 saturated heterocycles.